The van der Waals surface area contributed by atoms with E-state index in [-0.39, 0.29) is 5.41 Å². The van der Waals surface area contributed by atoms with Gasteiger partial charge >= 0.3 is 0 Å². The van der Waals surface area contributed by atoms with Crippen molar-refractivity contribution in [3.05, 3.63) is 53.9 Å². The smallest absolute Gasteiger partial charge is 0.130 e. The highest BCUT2D eigenvalue weighted by atomic mass is 16.5. The number of benzene rings is 1. The van der Waals surface area contributed by atoms with E-state index in [1.807, 2.05) is 31.3 Å². The van der Waals surface area contributed by atoms with E-state index in [4.69, 9.17) is 4.74 Å². The molecular weight excluding hydrogens is 248 g/mol. The average Bonchev–Trinajstić information content (AvgIpc) is 2.39. The second kappa shape index (κ2) is 6.06. The SMILES string of the molecule is CNCc1cc(Oc2ccc(C(C)(C)C)cc2)ccn1. The molecule has 0 amide bonds. The Kier molecular flexibility index (Phi) is 4.40. The zero-order valence-electron chi connectivity index (χ0n) is 12.6. The summed E-state index contributed by atoms with van der Waals surface area (Å²) in [6.45, 7) is 7.35. The van der Waals surface area contributed by atoms with Crippen LogP contribution in [0, 0.1) is 0 Å². The van der Waals surface area contributed by atoms with Gasteiger partial charge in [-0.15, -0.1) is 0 Å². The fourth-order valence-electron chi connectivity index (χ4n) is 1.96. The second-order valence-electron chi connectivity index (χ2n) is 5.89. The van der Waals surface area contributed by atoms with Gasteiger partial charge < -0.3 is 10.1 Å². The summed E-state index contributed by atoms with van der Waals surface area (Å²) in [4.78, 5) is 4.27. The molecule has 1 aromatic carbocycles. The van der Waals surface area contributed by atoms with Crippen LogP contribution in [-0.2, 0) is 12.0 Å². The Labute approximate surface area is 121 Å². The molecule has 0 aliphatic carbocycles. The van der Waals surface area contributed by atoms with Crippen LogP contribution < -0.4 is 10.1 Å². The molecule has 0 aliphatic rings. The monoisotopic (exact) mass is 270 g/mol. The number of hydrogen-bond acceptors (Lipinski definition) is 3. The molecule has 1 N–H and O–H groups in total. The van der Waals surface area contributed by atoms with E-state index in [1.165, 1.54) is 5.56 Å². The van der Waals surface area contributed by atoms with E-state index in [2.05, 4.69) is 43.2 Å². The van der Waals surface area contributed by atoms with Gasteiger partial charge in [0, 0.05) is 18.8 Å². The van der Waals surface area contributed by atoms with Crippen molar-refractivity contribution in [3.8, 4) is 11.5 Å². The highest BCUT2D eigenvalue weighted by Gasteiger charge is 2.13. The van der Waals surface area contributed by atoms with Gasteiger partial charge in [-0.1, -0.05) is 32.9 Å². The largest absolute Gasteiger partial charge is 0.457 e. The van der Waals surface area contributed by atoms with Gasteiger partial charge in [-0.3, -0.25) is 4.98 Å². The highest BCUT2D eigenvalue weighted by Crippen LogP contribution is 2.26. The van der Waals surface area contributed by atoms with E-state index >= 15 is 0 Å². The van der Waals surface area contributed by atoms with Crippen LogP contribution in [0.5, 0.6) is 11.5 Å². The maximum Gasteiger partial charge on any atom is 0.130 e. The standard InChI is InChI=1S/C17H22N2O/c1-17(2,3)13-5-7-15(8-6-13)20-16-9-10-19-14(11-16)12-18-4/h5-11,18H,12H2,1-4H3. The summed E-state index contributed by atoms with van der Waals surface area (Å²) in [5.74, 6) is 1.66. The third-order valence-corrected chi connectivity index (χ3v) is 3.10. The summed E-state index contributed by atoms with van der Waals surface area (Å²) in [7, 11) is 1.90. The summed E-state index contributed by atoms with van der Waals surface area (Å²) in [5, 5.41) is 3.08. The van der Waals surface area contributed by atoms with Crippen molar-refractivity contribution in [1.82, 2.24) is 10.3 Å². The quantitative estimate of drug-likeness (QED) is 0.915. The Morgan fingerprint density at radius 1 is 1.05 bits per heavy atom. The van der Waals surface area contributed by atoms with Gasteiger partial charge in [0.25, 0.3) is 0 Å². The molecule has 3 nitrogen and oxygen atoms in total. The first-order chi connectivity index (χ1) is 9.49. The summed E-state index contributed by atoms with van der Waals surface area (Å²) < 4.78 is 5.87. The van der Waals surface area contributed by atoms with Gasteiger partial charge in [0.2, 0.25) is 0 Å². The number of nitrogens with zero attached hydrogens (tertiary/aromatic N) is 1. The lowest BCUT2D eigenvalue weighted by Crippen LogP contribution is -2.10. The minimum Gasteiger partial charge on any atom is -0.457 e. The number of pyridine rings is 1. The number of ether oxygens (including phenoxy) is 1. The number of aromatic nitrogens is 1. The van der Waals surface area contributed by atoms with Gasteiger partial charge in [0.05, 0.1) is 5.69 Å². The van der Waals surface area contributed by atoms with Crippen molar-refractivity contribution >= 4 is 0 Å². The first kappa shape index (κ1) is 14.5. The van der Waals surface area contributed by atoms with E-state index in [1.54, 1.807) is 6.20 Å². The topological polar surface area (TPSA) is 34.1 Å². The molecule has 3 heteroatoms. The molecule has 0 atom stereocenters. The average molecular weight is 270 g/mol. The van der Waals surface area contributed by atoms with Crippen LogP contribution in [0.1, 0.15) is 32.0 Å². The number of nitrogens with one attached hydrogen (secondary N) is 1. The maximum absolute atomic E-state index is 5.87. The molecule has 0 unspecified atom stereocenters. The zero-order valence-corrected chi connectivity index (χ0v) is 12.6. The molecule has 1 heterocycles. The molecule has 20 heavy (non-hydrogen) atoms. The van der Waals surface area contributed by atoms with Crippen molar-refractivity contribution in [1.29, 1.82) is 0 Å². The van der Waals surface area contributed by atoms with Crippen LogP contribution in [0.15, 0.2) is 42.6 Å². The fourth-order valence-corrected chi connectivity index (χ4v) is 1.96. The normalized spacial score (nSPS) is 11.4. The minimum atomic E-state index is 0.162. The van der Waals surface area contributed by atoms with Crippen LogP contribution in [0.4, 0.5) is 0 Å². The lowest BCUT2D eigenvalue weighted by molar-refractivity contribution is 0.479. The molecule has 1 aromatic heterocycles. The third kappa shape index (κ3) is 3.81. The van der Waals surface area contributed by atoms with Gasteiger partial charge in [0.15, 0.2) is 0 Å². The van der Waals surface area contributed by atoms with Crippen LogP contribution in [0.3, 0.4) is 0 Å². The molecule has 0 radical (unpaired) electrons. The third-order valence-electron chi connectivity index (χ3n) is 3.10. The second-order valence-corrected chi connectivity index (χ2v) is 5.89. The molecule has 0 saturated heterocycles. The van der Waals surface area contributed by atoms with Crippen molar-refractivity contribution < 1.29 is 4.74 Å². The summed E-state index contributed by atoms with van der Waals surface area (Å²) in [5.41, 5.74) is 2.43. The molecule has 2 aromatic rings. The van der Waals surface area contributed by atoms with E-state index < -0.39 is 0 Å². The molecule has 0 spiro atoms. The number of hydrogen-bond donors (Lipinski definition) is 1. The Balaban J connectivity index is 2.12. The van der Waals surface area contributed by atoms with Gasteiger partial charge in [-0.25, -0.2) is 0 Å². The minimum absolute atomic E-state index is 0.162. The first-order valence-corrected chi connectivity index (χ1v) is 6.87. The van der Waals surface area contributed by atoms with Gasteiger partial charge in [0.1, 0.15) is 11.5 Å². The first-order valence-electron chi connectivity index (χ1n) is 6.87. The Hall–Kier alpha value is -1.87. The highest BCUT2D eigenvalue weighted by molar-refractivity contribution is 5.35. The van der Waals surface area contributed by atoms with Crippen molar-refractivity contribution in [2.45, 2.75) is 32.7 Å². The molecule has 0 fully saturated rings. The molecule has 0 saturated carbocycles. The lowest BCUT2D eigenvalue weighted by Gasteiger charge is -2.19. The van der Waals surface area contributed by atoms with Gasteiger partial charge in [-0.05, 0) is 36.2 Å². The zero-order chi connectivity index (χ0) is 14.6. The Bertz CT molecular complexity index is 556. The van der Waals surface area contributed by atoms with Crippen LogP contribution in [0.25, 0.3) is 0 Å². The van der Waals surface area contributed by atoms with E-state index in [0.717, 1.165) is 23.7 Å². The summed E-state index contributed by atoms with van der Waals surface area (Å²) in [6.07, 6.45) is 1.77. The lowest BCUT2D eigenvalue weighted by atomic mass is 9.87. The predicted octanol–water partition coefficient (Wildman–Crippen LogP) is 3.89. The maximum atomic E-state index is 5.87. The van der Waals surface area contributed by atoms with Gasteiger partial charge in [-0.2, -0.15) is 0 Å². The van der Waals surface area contributed by atoms with E-state index in [9.17, 15) is 0 Å². The summed E-state index contributed by atoms with van der Waals surface area (Å²) >= 11 is 0. The molecular formula is C17H22N2O. The van der Waals surface area contributed by atoms with Crippen molar-refractivity contribution in [2.24, 2.45) is 0 Å². The fraction of sp³-hybridized carbons (Fsp3) is 0.353. The molecule has 106 valence electrons. The Morgan fingerprint density at radius 3 is 2.35 bits per heavy atom. The Morgan fingerprint density at radius 2 is 1.75 bits per heavy atom. The van der Waals surface area contributed by atoms with Crippen molar-refractivity contribution in [2.75, 3.05) is 7.05 Å². The molecule has 0 bridgehead atoms. The van der Waals surface area contributed by atoms with Crippen molar-refractivity contribution in [3.63, 3.8) is 0 Å². The summed E-state index contributed by atoms with van der Waals surface area (Å²) in [6, 6.07) is 12.1. The van der Waals surface area contributed by atoms with Crippen LogP contribution >= 0.6 is 0 Å². The van der Waals surface area contributed by atoms with Crippen LogP contribution in [-0.4, -0.2) is 12.0 Å². The molecule has 2 rings (SSSR count). The van der Waals surface area contributed by atoms with Crippen LogP contribution in [0.2, 0.25) is 0 Å². The molecule has 0 aliphatic heterocycles. The van der Waals surface area contributed by atoms with E-state index in [0.29, 0.717) is 0 Å². The predicted molar refractivity (Wildman–Crippen MR) is 82.2 cm³/mol. The number of rotatable bonds is 4.